The maximum atomic E-state index is 13.9. The predicted molar refractivity (Wildman–Crippen MR) is 77.8 cm³/mol. The minimum absolute atomic E-state index is 0.140. The number of nitrogens with one attached hydrogen (secondary N) is 1. The highest BCUT2D eigenvalue weighted by molar-refractivity contribution is 5.88. The van der Waals surface area contributed by atoms with Crippen LogP contribution in [0.3, 0.4) is 0 Å². The summed E-state index contributed by atoms with van der Waals surface area (Å²) in [5.41, 5.74) is 0.489. The first-order chi connectivity index (χ1) is 10.1. The van der Waals surface area contributed by atoms with E-state index in [9.17, 15) is 9.18 Å². The third-order valence-corrected chi connectivity index (χ3v) is 5.98. The number of anilines is 1. The predicted octanol–water partition coefficient (Wildman–Crippen LogP) is 3.76. The van der Waals surface area contributed by atoms with Crippen molar-refractivity contribution in [2.45, 2.75) is 38.1 Å². The summed E-state index contributed by atoms with van der Waals surface area (Å²) in [7, 11) is 0. The zero-order valence-corrected chi connectivity index (χ0v) is 11.9. The van der Waals surface area contributed by atoms with Crippen molar-refractivity contribution >= 4 is 11.7 Å². The molecule has 21 heavy (non-hydrogen) atoms. The van der Waals surface area contributed by atoms with Crippen LogP contribution >= 0.6 is 0 Å². The summed E-state index contributed by atoms with van der Waals surface area (Å²) in [5.74, 6) is 1.80. The van der Waals surface area contributed by atoms with E-state index in [1.165, 1.54) is 43.9 Å². The number of benzene rings is 1. The van der Waals surface area contributed by atoms with Gasteiger partial charge in [-0.15, -0.1) is 0 Å². The minimum atomic E-state index is -1.01. The Morgan fingerprint density at radius 3 is 2.81 bits per heavy atom. The largest absolute Gasteiger partial charge is 0.478 e. The third kappa shape index (κ3) is 2.03. The molecule has 0 aliphatic heterocycles. The second kappa shape index (κ2) is 4.72. The number of fused-ring (bicyclic) bond motifs is 5. The van der Waals surface area contributed by atoms with Crippen molar-refractivity contribution in [2.24, 2.45) is 23.7 Å². The number of aromatic carboxylic acids is 1. The summed E-state index contributed by atoms with van der Waals surface area (Å²) in [5, 5.41) is 12.3. The Balaban J connectivity index is 1.55. The summed E-state index contributed by atoms with van der Waals surface area (Å²) in [6.45, 7) is 0. The van der Waals surface area contributed by atoms with Gasteiger partial charge in [0.25, 0.3) is 0 Å². The second-order valence-electron chi connectivity index (χ2n) is 6.90. The first-order valence-corrected chi connectivity index (χ1v) is 7.93. The molecule has 5 atom stereocenters. The molecular formula is C17H20FNO2. The molecule has 4 rings (SSSR count). The lowest BCUT2D eigenvalue weighted by atomic mass is 9.79. The lowest BCUT2D eigenvalue weighted by Gasteiger charge is -2.32. The molecule has 3 nitrogen and oxygen atoms in total. The molecule has 2 N–H and O–H groups in total. The standard InChI is InChI=1S/C17H20FNO2/c18-14-5-4-9(17(20)21)7-16(14)19-15-8-10-6-13(15)12-3-1-2-11(10)12/h4-5,7,10-13,15,19H,1-3,6,8H2,(H,20,21). The quantitative estimate of drug-likeness (QED) is 0.890. The Morgan fingerprint density at radius 2 is 2.00 bits per heavy atom. The molecule has 3 saturated carbocycles. The van der Waals surface area contributed by atoms with Crippen LogP contribution in [0.1, 0.15) is 42.5 Å². The molecule has 3 aliphatic rings. The molecule has 2 bridgehead atoms. The van der Waals surface area contributed by atoms with Gasteiger partial charge in [0.05, 0.1) is 11.3 Å². The molecule has 0 saturated heterocycles. The molecule has 0 radical (unpaired) electrons. The maximum absolute atomic E-state index is 13.9. The Hall–Kier alpha value is -1.58. The van der Waals surface area contributed by atoms with Crippen molar-refractivity contribution in [3.05, 3.63) is 29.6 Å². The summed E-state index contributed by atoms with van der Waals surface area (Å²) >= 11 is 0. The fraction of sp³-hybridized carbons (Fsp3) is 0.588. The number of hydrogen-bond acceptors (Lipinski definition) is 2. The van der Waals surface area contributed by atoms with Gasteiger partial charge < -0.3 is 10.4 Å². The second-order valence-corrected chi connectivity index (χ2v) is 6.90. The zero-order chi connectivity index (χ0) is 14.6. The van der Waals surface area contributed by atoms with E-state index in [1.807, 2.05) is 0 Å². The number of hydrogen-bond donors (Lipinski definition) is 2. The van der Waals surface area contributed by atoms with Crippen molar-refractivity contribution < 1.29 is 14.3 Å². The molecular weight excluding hydrogens is 269 g/mol. The first-order valence-electron chi connectivity index (χ1n) is 7.93. The van der Waals surface area contributed by atoms with Gasteiger partial charge in [0.15, 0.2) is 0 Å². The third-order valence-electron chi connectivity index (χ3n) is 5.98. The van der Waals surface area contributed by atoms with E-state index in [0.717, 1.165) is 24.2 Å². The van der Waals surface area contributed by atoms with E-state index < -0.39 is 5.97 Å². The number of rotatable bonds is 3. The van der Waals surface area contributed by atoms with Gasteiger partial charge in [-0.3, -0.25) is 0 Å². The Bertz CT molecular complexity index is 588. The highest BCUT2D eigenvalue weighted by atomic mass is 19.1. The molecule has 0 aromatic heterocycles. The molecule has 3 fully saturated rings. The van der Waals surface area contributed by atoms with Crippen molar-refractivity contribution in [2.75, 3.05) is 5.32 Å². The van der Waals surface area contributed by atoms with Gasteiger partial charge in [-0.1, -0.05) is 6.42 Å². The number of halogens is 1. The summed E-state index contributed by atoms with van der Waals surface area (Å²) in [6, 6.07) is 4.30. The van der Waals surface area contributed by atoms with E-state index in [1.54, 1.807) is 0 Å². The smallest absolute Gasteiger partial charge is 0.335 e. The van der Waals surface area contributed by atoms with Gasteiger partial charge in [0.2, 0.25) is 0 Å². The molecule has 4 heteroatoms. The Kier molecular flexibility index (Phi) is 2.95. The van der Waals surface area contributed by atoms with E-state index >= 15 is 0 Å². The van der Waals surface area contributed by atoms with Gasteiger partial charge in [-0.25, -0.2) is 9.18 Å². The summed E-state index contributed by atoms with van der Waals surface area (Å²) in [4.78, 5) is 11.0. The lowest BCUT2D eigenvalue weighted by molar-refractivity contribution is 0.0697. The molecule has 3 aliphatic carbocycles. The SMILES string of the molecule is O=C(O)c1ccc(F)c(NC2CC3CC2C2CCCC32)c1. The highest BCUT2D eigenvalue weighted by Crippen LogP contribution is 2.59. The van der Waals surface area contributed by atoms with Crippen LogP contribution in [0.4, 0.5) is 10.1 Å². The van der Waals surface area contributed by atoms with Crippen molar-refractivity contribution in [3.8, 4) is 0 Å². The maximum Gasteiger partial charge on any atom is 0.335 e. The molecule has 0 heterocycles. The Morgan fingerprint density at radius 1 is 1.19 bits per heavy atom. The topological polar surface area (TPSA) is 49.3 Å². The van der Waals surface area contributed by atoms with Gasteiger partial charge in [-0.2, -0.15) is 0 Å². The van der Waals surface area contributed by atoms with Crippen LogP contribution in [0.2, 0.25) is 0 Å². The fourth-order valence-corrected chi connectivity index (χ4v) is 5.20. The zero-order valence-electron chi connectivity index (χ0n) is 11.9. The van der Waals surface area contributed by atoms with Crippen molar-refractivity contribution in [1.29, 1.82) is 0 Å². The fourth-order valence-electron chi connectivity index (χ4n) is 5.20. The molecule has 0 amide bonds. The highest BCUT2D eigenvalue weighted by Gasteiger charge is 2.53. The molecule has 5 unspecified atom stereocenters. The van der Waals surface area contributed by atoms with Crippen LogP contribution in [-0.2, 0) is 0 Å². The first kappa shape index (κ1) is 13.1. The van der Waals surface area contributed by atoms with Gasteiger partial charge >= 0.3 is 5.97 Å². The average molecular weight is 289 g/mol. The van der Waals surface area contributed by atoms with Crippen LogP contribution in [-0.4, -0.2) is 17.1 Å². The summed E-state index contributed by atoms with van der Waals surface area (Å²) in [6.07, 6.45) is 6.43. The van der Waals surface area contributed by atoms with Gasteiger partial charge in [0.1, 0.15) is 5.82 Å². The van der Waals surface area contributed by atoms with E-state index in [2.05, 4.69) is 5.32 Å². The van der Waals surface area contributed by atoms with Crippen LogP contribution in [0.15, 0.2) is 18.2 Å². The lowest BCUT2D eigenvalue weighted by Crippen LogP contribution is -2.34. The average Bonchev–Trinajstić information content (AvgIpc) is 3.12. The number of carboxylic acids is 1. The molecule has 1 aromatic rings. The molecule has 112 valence electrons. The van der Waals surface area contributed by atoms with Crippen LogP contribution < -0.4 is 5.32 Å². The number of carbonyl (C=O) groups is 1. The van der Waals surface area contributed by atoms with E-state index in [4.69, 9.17) is 5.11 Å². The Labute approximate surface area is 123 Å². The molecule has 1 aromatic carbocycles. The summed E-state index contributed by atoms with van der Waals surface area (Å²) < 4.78 is 13.9. The monoisotopic (exact) mass is 289 g/mol. The van der Waals surface area contributed by atoms with E-state index in [0.29, 0.717) is 17.6 Å². The molecule has 0 spiro atoms. The number of carboxylic acid groups (broad SMARTS) is 1. The van der Waals surface area contributed by atoms with E-state index in [-0.39, 0.29) is 11.4 Å². The minimum Gasteiger partial charge on any atom is -0.478 e. The van der Waals surface area contributed by atoms with Crippen LogP contribution in [0.25, 0.3) is 0 Å². The van der Waals surface area contributed by atoms with Crippen LogP contribution in [0.5, 0.6) is 0 Å². The normalized spacial score (nSPS) is 36.7. The van der Waals surface area contributed by atoms with Crippen molar-refractivity contribution in [3.63, 3.8) is 0 Å². The van der Waals surface area contributed by atoms with Crippen LogP contribution in [0, 0.1) is 29.5 Å². The van der Waals surface area contributed by atoms with Gasteiger partial charge in [-0.05, 0) is 67.6 Å². The van der Waals surface area contributed by atoms with Crippen molar-refractivity contribution in [1.82, 2.24) is 0 Å². The van der Waals surface area contributed by atoms with Gasteiger partial charge in [0, 0.05) is 6.04 Å².